The highest BCUT2D eigenvalue weighted by Crippen LogP contribution is 2.17. The highest BCUT2D eigenvalue weighted by atomic mass is 16.5. The molecule has 0 amide bonds. The summed E-state index contributed by atoms with van der Waals surface area (Å²) in [5.74, 6) is -0.856. The molecule has 14 heavy (non-hydrogen) atoms. The predicted molar refractivity (Wildman–Crippen MR) is 56.3 cm³/mol. The molecular formula is C11H22O3. The molecule has 0 aromatic heterocycles. The van der Waals surface area contributed by atoms with E-state index in [0.29, 0.717) is 13.0 Å². The number of hydrogen-bond donors (Lipinski definition) is 1. The van der Waals surface area contributed by atoms with Gasteiger partial charge in [0, 0.05) is 6.61 Å². The van der Waals surface area contributed by atoms with Gasteiger partial charge in [0.05, 0.1) is 11.5 Å². The molecule has 0 aliphatic heterocycles. The summed E-state index contributed by atoms with van der Waals surface area (Å²) < 4.78 is 5.50. The highest BCUT2D eigenvalue weighted by molar-refractivity contribution is 5.70. The molecule has 0 heterocycles. The van der Waals surface area contributed by atoms with Crippen molar-refractivity contribution >= 4 is 5.97 Å². The number of carboxylic acids is 1. The van der Waals surface area contributed by atoms with Crippen LogP contribution in [0.5, 0.6) is 0 Å². The molecule has 84 valence electrons. The average molecular weight is 202 g/mol. The molecule has 0 aliphatic carbocycles. The van der Waals surface area contributed by atoms with Crippen LogP contribution in [0.4, 0.5) is 0 Å². The lowest BCUT2D eigenvalue weighted by atomic mass is 9.93. The fourth-order valence-electron chi connectivity index (χ4n) is 1.23. The zero-order chi connectivity index (χ0) is 11.4. The highest BCUT2D eigenvalue weighted by Gasteiger charge is 2.22. The Kier molecular flexibility index (Phi) is 5.13. The number of carbonyl (C=O) groups is 1. The first kappa shape index (κ1) is 13.4. The van der Waals surface area contributed by atoms with Gasteiger partial charge in [-0.1, -0.05) is 13.8 Å². The standard InChI is InChI=1S/C11H22O3/c1-8(2)9(10(12)13)6-7-14-11(3,4)5/h8-9H,6-7H2,1-5H3,(H,12,13). The Morgan fingerprint density at radius 3 is 2.14 bits per heavy atom. The fraction of sp³-hybridized carbons (Fsp3) is 0.909. The number of carboxylic acid groups (broad SMARTS) is 1. The lowest BCUT2D eigenvalue weighted by molar-refractivity contribution is -0.144. The lowest BCUT2D eigenvalue weighted by Crippen LogP contribution is -2.25. The van der Waals surface area contributed by atoms with Crippen molar-refractivity contribution in [1.82, 2.24) is 0 Å². The van der Waals surface area contributed by atoms with Gasteiger partial charge in [0.2, 0.25) is 0 Å². The van der Waals surface area contributed by atoms with E-state index in [1.165, 1.54) is 0 Å². The number of ether oxygens (including phenoxy) is 1. The maximum absolute atomic E-state index is 10.8. The molecule has 0 bridgehead atoms. The van der Waals surface area contributed by atoms with Gasteiger partial charge in [-0.25, -0.2) is 0 Å². The second-order valence-electron chi connectivity index (χ2n) is 4.94. The van der Waals surface area contributed by atoms with Gasteiger partial charge in [0.15, 0.2) is 0 Å². The monoisotopic (exact) mass is 202 g/mol. The zero-order valence-corrected chi connectivity index (χ0v) is 9.83. The smallest absolute Gasteiger partial charge is 0.306 e. The normalized spacial score (nSPS) is 14.4. The first-order valence-electron chi connectivity index (χ1n) is 5.11. The first-order valence-corrected chi connectivity index (χ1v) is 5.11. The topological polar surface area (TPSA) is 46.5 Å². The van der Waals surface area contributed by atoms with Crippen molar-refractivity contribution in [2.45, 2.75) is 46.6 Å². The molecule has 0 rings (SSSR count). The summed E-state index contributed by atoms with van der Waals surface area (Å²) in [5, 5.41) is 8.92. The summed E-state index contributed by atoms with van der Waals surface area (Å²) >= 11 is 0. The van der Waals surface area contributed by atoms with Crippen LogP contribution in [0.2, 0.25) is 0 Å². The molecule has 3 nitrogen and oxygen atoms in total. The van der Waals surface area contributed by atoms with E-state index in [4.69, 9.17) is 9.84 Å². The van der Waals surface area contributed by atoms with E-state index in [9.17, 15) is 4.79 Å². The van der Waals surface area contributed by atoms with Gasteiger partial charge in [-0.2, -0.15) is 0 Å². The van der Waals surface area contributed by atoms with Crippen molar-refractivity contribution in [3.63, 3.8) is 0 Å². The van der Waals surface area contributed by atoms with E-state index in [1.54, 1.807) is 0 Å². The molecule has 3 heteroatoms. The van der Waals surface area contributed by atoms with Crippen molar-refractivity contribution < 1.29 is 14.6 Å². The second-order valence-corrected chi connectivity index (χ2v) is 4.94. The van der Waals surface area contributed by atoms with Gasteiger partial charge in [-0.15, -0.1) is 0 Å². The lowest BCUT2D eigenvalue weighted by Gasteiger charge is -2.22. The number of rotatable bonds is 5. The Morgan fingerprint density at radius 2 is 1.86 bits per heavy atom. The van der Waals surface area contributed by atoms with Crippen molar-refractivity contribution in [2.75, 3.05) is 6.61 Å². The second kappa shape index (κ2) is 5.35. The Morgan fingerprint density at radius 1 is 1.36 bits per heavy atom. The molecular weight excluding hydrogens is 180 g/mol. The van der Waals surface area contributed by atoms with E-state index >= 15 is 0 Å². The van der Waals surface area contributed by atoms with Gasteiger partial charge >= 0.3 is 5.97 Å². The molecule has 1 N–H and O–H groups in total. The minimum Gasteiger partial charge on any atom is -0.481 e. The van der Waals surface area contributed by atoms with Crippen LogP contribution in [0, 0.1) is 11.8 Å². The van der Waals surface area contributed by atoms with Crippen LogP contribution in [-0.4, -0.2) is 23.3 Å². The Labute approximate surface area is 86.5 Å². The molecule has 1 atom stereocenters. The quantitative estimate of drug-likeness (QED) is 0.745. The van der Waals surface area contributed by atoms with Crippen LogP contribution in [-0.2, 0) is 9.53 Å². The maximum Gasteiger partial charge on any atom is 0.306 e. The summed E-state index contributed by atoms with van der Waals surface area (Å²) in [6.45, 7) is 10.3. The Balaban J connectivity index is 3.90. The molecule has 0 aliphatic rings. The molecule has 0 saturated carbocycles. The molecule has 0 radical (unpaired) electrons. The Hall–Kier alpha value is -0.570. The van der Waals surface area contributed by atoms with Crippen LogP contribution in [0.1, 0.15) is 41.0 Å². The third-order valence-corrected chi connectivity index (χ3v) is 2.09. The summed E-state index contributed by atoms with van der Waals surface area (Å²) in [7, 11) is 0. The number of aliphatic carboxylic acids is 1. The molecule has 1 unspecified atom stereocenters. The van der Waals surface area contributed by atoms with Crippen molar-refractivity contribution in [3.8, 4) is 0 Å². The van der Waals surface area contributed by atoms with E-state index in [2.05, 4.69) is 0 Å². The maximum atomic E-state index is 10.8. The van der Waals surface area contributed by atoms with Crippen molar-refractivity contribution in [1.29, 1.82) is 0 Å². The van der Waals surface area contributed by atoms with Crippen LogP contribution < -0.4 is 0 Å². The van der Waals surface area contributed by atoms with E-state index < -0.39 is 5.97 Å². The third kappa shape index (κ3) is 5.97. The van der Waals surface area contributed by atoms with Crippen LogP contribution in [0.15, 0.2) is 0 Å². The molecule has 0 fully saturated rings. The van der Waals surface area contributed by atoms with Gasteiger partial charge in [0.1, 0.15) is 0 Å². The summed E-state index contributed by atoms with van der Waals surface area (Å²) in [6, 6.07) is 0. The van der Waals surface area contributed by atoms with E-state index in [0.717, 1.165) is 0 Å². The summed E-state index contributed by atoms with van der Waals surface area (Å²) in [6.07, 6.45) is 0.588. The molecule has 0 aromatic carbocycles. The van der Waals surface area contributed by atoms with Crippen LogP contribution in [0.3, 0.4) is 0 Å². The Bertz CT molecular complexity index is 179. The molecule has 0 spiro atoms. The van der Waals surface area contributed by atoms with Gasteiger partial charge in [-0.3, -0.25) is 4.79 Å². The molecule has 0 saturated heterocycles. The zero-order valence-electron chi connectivity index (χ0n) is 9.83. The minimum absolute atomic E-state index is 0.163. The van der Waals surface area contributed by atoms with Gasteiger partial charge in [-0.05, 0) is 33.1 Å². The largest absolute Gasteiger partial charge is 0.481 e. The third-order valence-electron chi connectivity index (χ3n) is 2.09. The summed E-state index contributed by atoms with van der Waals surface area (Å²) in [5.41, 5.74) is -0.181. The molecule has 0 aromatic rings. The van der Waals surface area contributed by atoms with Crippen LogP contribution >= 0.6 is 0 Å². The SMILES string of the molecule is CC(C)C(CCOC(C)(C)C)C(=O)O. The van der Waals surface area contributed by atoms with Crippen LogP contribution in [0.25, 0.3) is 0 Å². The average Bonchev–Trinajstić information content (AvgIpc) is 1.94. The number of hydrogen-bond acceptors (Lipinski definition) is 2. The predicted octanol–water partition coefficient (Wildman–Crippen LogP) is 2.55. The van der Waals surface area contributed by atoms with E-state index in [1.807, 2.05) is 34.6 Å². The first-order chi connectivity index (χ1) is 6.24. The van der Waals surface area contributed by atoms with Crippen molar-refractivity contribution in [3.05, 3.63) is 0 Å². The van der Waals surface area contributed by atoms with Gasteiger partial charge in [0.25, 0.3) is 0 Å². The summed E-state index contributed by atoms with van der Waals surface area (Å²) in [4.78, 5) is 10.8. The minimum atomic E-state index is -0.725. The van der Waals surface area contributed by atoms with Crippen molar-refractivity contribution in [2.24, 2.45) is 11.8 Å². The van der Waals surface area contributed by atoms with E-state index in [-0.39, 0.29) is 17.4 Å². The fourth-order valence-corrected chi connectivity index (χ4v) is 1.23. The van der Waals surface area contributed by atoms with Gasteiger partial charge < -0.3 is 9.84 Å².